The lowest BCUT2D eigenvalue weighted by Crippen LogP contribution is -2.68. The van der Waals surface area contributed by atoms with Crippen LogP contribution in [0.1, 0.15) is 30.2 Å². The Balaban J connectivity index is 1.22. The van der Waals surface area contributed by atoms with Crippen molar-refractivity contribution in [1.29, 1.82) is 5.26 Å². The summed E-state index contributed by atoms with van der Waals surface area (Å²) in [5, 5.41) is 13.9. The fourth-order valence-corrected chi connectivity index (χ4v) is 5.42. The Morgan fingerprint density at radius 2 is 1.97 bits per heavy atom. The minimum Gasteiger partial charge on any atom is -0.492 e. The van der Waals surface area contributed by atoms with Gasteiger partial charge in [-0.25, -0.2) is 9.50 Å². The molecular weight excluding hydrogens is 438 g/mol. The maximum Gasteiger partial charge on any atom is 0.138 e. The molecule has 3 aliphatic heterocycles. The summed E-state index contributed by atoms with van der Waals surface area (Å²) in [5.41, 5.74) is 5.54. The van der Waals surface area contributed by atoms with Crippen LogP contribution in [0.15, 0.2) is 55.1 Å². The van der Waals surface area contributed by atoms with Crippen molar-refractivity contribution >= 4 is 11.3 Å². The summed E-state index contributed by atoms with van der Waals surface area (Å²) in [7, 11) is 0. The molecule has 3 saturated heterocycles. The first-order valence-corrected chi connectivity index (χ1v) is 12.1. The number of anilines is 1. The zero-order valence-electron chi connectivity index (χ0n) is 19.9. The highest BCUT2D eigenvalue weighted by molar-refractivity contribution is 5.85. The van der Waals surface area contributed by atoms with Crippen molar-refractivity contribution in [2.75, 3.05) is 24.6 Å². The average Bonchev–Trinajstić information content (AvgIpc) is 3.30. The van der Waals surface area contributed by atoms with E-state index in [1.54, 1.807) is 10.7 Å². The lowest BCUT2D eigenvalue weighted by molar-refractivity contribution is -0.00871. The summed E-state index contributed by atoms with van der Waals surface area (Å²) >= 11 is 0. The summed E-state index contributed by atoms with van der Waals surface area (Å²) in [4.78, 5) is 14.1. The van der Waals surface area contributed by atoms with Crippen LogP contribution in [0.25, 0.3) is 16.6 Å². The van der Waals surface area contributed by atoms with Crippen molar-refractivity contribution in [3.8, 4) is 22.9 Å². The van der Waals surface area contributed by atoms with Gasteiger partial charge < -0.3 is 9.64 Å². The van der Waals surface area contributed by atoms with E-state index >= 15 is 0 Å². The minimum atomic E-state index is 0.535. The Morgan fingerprint density at radius 3 is 2.69 bits per heavy atom. The Morgan fingerprint density at radius 1 is 1.11 bits per heavy atom. The van der Waals surface area contributed by atoms with Crippen LogP contribution in [0.4, 0.5) is 5.82 Å². The molecule has 0 amide bonds. The minimum absolute atomic E-state index is 0.535. The first-order chi connectivity index (χ1) is 17.1. The third-order valence-corrected chi connectivity index (χ3v) is 7.07. The molecule has 4 aromatic heterocycles. The number of hydrogen-bond acceptors (Lipinski definition) is 7. The molecule has 8 nitrogen and oxygen atoms in total. The van der Waals surface area contributed by atoms with Gasteiger partial charge in [-0.15, -0.1) is 0 Å². The number of ether oxygens (including phenoxy) is 1. The van der Waals surface area contributed by atoms with Gasteiger partial charge in [-0.05, 0) is 56.2 Å². The molecule has 3 fully saturated rings. The molecule has 0 saturated carbocycles. The van der Waals surface area contributed by atoms with E-state index < -0.39 is 0 Å². The third kappa shape index (κ3) is 3.88. The maximum atomic E-state index is 9.58. The van der Waals surface area contributed by atoms with Crippen molar-refractivity contribution in [2.24, 2.45) is 0 Å². The standard InChI is InChI=1S/C27H27N7O/c1-3-35-24-10-25(27-21(11-28)13-31-34(27)17-24)20-4-5-26(30-12-20)32-15-22-9-23(16-32)33(22)14-19-6-7-29-18(2)8-19/h4-8,10,12-13,17,22-23H,3,9,14-16H2,1-2H3. The highest BCUT2D eigenvalue weighted by Crippen LogP contribution is 2.36. The number of rotatable bonds is 6. The first kappa shape index (κ1) is 21.6. The van der Waals surface area contributed by atoms with Crippen LogP contribution in [-0.2, 0) is 6.54 Å². The van der Waals surface area contributed by atoms with E-state index in [-0.39, 0.29) is 0 Å². The van der Waals surface area contributed by atoms with Gasteiger partial charge in [0.25, 0.3) is 0 Å². The number of hydrogen-bond donors (Lipinski definition) is 0. The van der Waals surface area contributed by atoms with E-state index in [1.807, 2.05) is 38.5 Å². The van der Waals surface area contributed by atoms with Gasteiger partial charge in [0.05, 0.1) is 30.1 Å². The largest absolute Gasteiger partial charge is 0.492 e. The van der Waals surface area contributed by atoms with Gasteiger partial charge in [0.2, 0.25) is 0 Å². The molecule has 0 N–H and O–H groups in total. The summed E-state index contributed by atoms with van der Waals surface area (Å²) in [6.45, 7) is 7.51. The number of nitrogens with zero attached hydrogens (tertiary/aromatic N) is 7. The predicted molar refractivity (Wildman–Crippen MR) is 133 cm³/mol. The molecule has 4 aromatic rings. The smallest absolute Gasteiger partial charge is 0.138 e. The molecule has 0 spiro atoms. The molecule has 2 unspecified atom stereocenters. The molecule has 2 atom stereocenters. The van der Waals surface area contributed by atoms with Gasteiger partial charge in [-0.1, -0.05) is 0 Å². The lowest BCUT2D eigenvalue weighted by Gasteiger charge is -2.56. The fourth-order valence-electron chi connectivity index (χ4n) is 5.42. The van der Waals surface area contributed by atoms with Crippen LogP contribution >= 0.6 is 0 Å². The van der Waals surface area contributed by atoms with Crippen LogP contribution in [-0.4, -0.2) is 56.3 Å². The Hall–Kier alpha value is -3.96. The molecular formula is C27H27N7O. The Kier molecular flexibility index (Phi) is 5.34. The van der Waals surface area contributed by atoms with E-state index in [9.17, 15) is 5.26 Å². The number of pyridine rings is 3. The van der Waals surface area contributed by atoms with Crippen molar-refractivity contribution in [3.05, 3.63) is 71.9 Å². The number of fused-ring (bicyclic) bond motifs is 3. The molecule has 0 aromatic carbocycles. The van der Waals surface area contributed by atoms with Gasteiger partial charge in [-0.3, -0.25) is 9.88 Å². The highest BCUT2D eigenvalue weighted by Gasteiger charge is 2.44. The second kappa shape index (κ2) is 8.67. The van der Waals surface area contributed by atoms with Gasteiger partial charge >= 0.3 is 0 Å². The van der Waals surface area contributed by atoms with Crippen molar-refractivity contribution < 1.29 is 4.74 Å². The van der Waals surface area contributed by atoms with Gasteiger partial charge in [0.1, 0.15) is 17.6 Å². The summed E-state index contributed by atoms with van der Waals surface area (Å²) in [5.74, 6) is 1.71. The summed E-state index contributed by atoms with van der Waals surface area (Å²) in [6, 6.07) is 13.8. The van der Waals surface area contributed by atoms with Crippen LogP contribution in [0.5, 0.6) is 5.75 Å². The zero-order valence-corrected chi connectivity index (χ0v) is 19.9. The monoisotopic (exact) mass is 465 g/mol. The summed E-state index contributed by atoms with van der Waals surface area (Å²) < 4.78 is 7.45. The number of aromatic nitrogens is 4. The van der Waals surface area contributed by atoms with Gasteiger partial charge in [0, 0.05) is 60.9 Å². The molecule has 7 rings (SSSR count). The lowest BCUT2D eigenvalue weighted by atomic mass is 9.86. The van der Waals surface area contributed by atoms with Crippen molar-refractivity contribution in [3.63, 3.8) is 0 Å². The van der Waals surface area contributed by atoms with E-state index in [0.717, 1.165) is 47.8 Å². The Labute approximate surface area is 204 Å². The first-order valence-electron chi connectivity index (χ1n) is 12.1. The quantitative estimate of drug-likeness (QED) is 0.428. The normalized spacial score (nSPS) is 19.4. The van der Waals surface area contributed by atoms with Gasteiger partial charge in [0.15, 0.2) is 0 Å². The number of nitriles is 1. The number of piperazine rings is 1. The average molecular weight is 466 g/mol. The van der Waals surface area contributed by atoms with Crippen molar-refractivity contribution in [1.82, 2.24) is 24.5 Å². The molecule has 8 heteroatoms. The third-order valence-electron chi connectivity index (χ3n) is 7.07. The molecule has 176 valence electrons. The molecule has 2 bridgehead atoms. The SMILES string of the molecule is CCOc1cc(-c2ccc(N3CC4CC(C3)N4Cc3ccnc(C)c3)nc2)c2c(C#N)cnn2c1. The maximum absolute atomic E-state index is 9.58. The van der Waals surface area contributed by atoms with Crippen LogP contribution in [0.2, 0.25) is 0 Å². The van der Waals surface area contributed by atoms with Crippen LogP contribution in [0, 0.1) is 18.3 Å². The summed E-state index contributed by atoms with van der Waals surface area (Å²) in [6.07, 6.45) is 8.45. The van der Waals surface area contributed by atoms with Crippen LogP contribution in [0.3, 0.4) is 0 Å². The van der Waals surface area contributed by atoms with Crippen molar-refractivity contribution in [2.45, 2.75) is 38.9 Å². The fraction of sp³-hybridized carbons (Fsp3) is 0.333. The molecule has 3 aliphatic rings. The van der Waals surface area contributed by atoms with E-state index in [4.69, 9.17) is 9.72 Å². The van der Waals surface area contributed by atoms with Gasteiger partial charge in [-0.2, -0.15) is 10.4 Å². The second-order valence-corrected chi connectivity index (χ2v) is 9.32. The predicted octanol–water partition coefficient (Wildman–Crippen LogP) is 3.83. The van der Waals surface area contributed by atoms with E-state index in [2.05, 4.69) is 50.2 Å². The zero-order chi connectivity index (χ0) is 23.9. The van der Waals surface area contributed by atoms with E-state index in [0.29, 0.717) is 30.0 Å². The Bertz CT molecular complexity index is 1410. The number of piperidine rings is 1. The molecule has 7 heterocycles. The number of aryl methyl sites for hydroxylation is 1. The molecule has 0 radical (unpaired) electrons. The topological polar surface area (TPSA) is 82.6 Å². The van der Waals surface area contributed by atoms with Crippen LogP contribution < -0.4 is 9.64 Å². The molecule has 0 aliphatic carbocycles. The molecule has 35 heavy (non-hydrogen) atoms. The second-order valence-electron chi connectivity index (χ2n) is 9.32. The highest BCUT2D eigenvalue weighted by atomic mass is 16.5. The van der Waals surface area contributed by atoms with E-state index in [1.165, 1.54) is 12.0 Å².